The number of aromatic hydroxyl groups is 1. The third-order valence-corrected chi connectivity index (χ3v) is 1.23. The molecule has 4 heteroatoms. The second-order valence-electron chi connectivity index (χ2n) is 2.35. The topological polar surface area (TPSA) is 76.2 Å². The molecule has 0 unspecified atom stereocenters. The average molecular weight is 176 g/mol. The molecule has 0 aliphatic heterocycles. The number of carbonyl (C=O) groups is 1. The molecule has 0 radical (unpaired) electrons. The number of amides is 1. The van der Waals surface area contributed by atoms with Gasteiger partial charge in [0, 0.05) is 0 Å². The Labute approximate surface area is 75.4 Å². The maximum atomic E-state index is 10.3. The Bertz CT molecular complexity index is 359. The van der Waals surface area contributed by atoms with E-state index in [1.165, 1.54) is 12.3 Å². The molecule has 0 aliphatic rings. The molecule has 0 saturated heterocycles. The first-order chi connectivity index (χ1) is 6.18. The van der Waals surface area contributed by atoms with Crippen LogP contribution in [0.3, 0.4) is 0 Å². The maximum Gasteiger partial charge on any atom is 0.229 e. The van der Waals surface area contributed by atoms with Crippen LogP contribution >= 0.6 is 0 Å². The fourth-order valence-corrected chi connectivity index (χ4v) is 0.682. The molecule has 66 valence electrons. The Morgan fingerprint density at radius 2 is 2.38 bits per heavy atom. The van der Waals surface area contributed by atoms with E-state index in [9.17, 15) is 4.79 Å². The molecule has 1 aromatic rings. The molecular formula is C9H8N2O2. The van der Waals surface area contributed by atoms with Crippen LogP contribution < -0.4 is 5.73 Å². The van der Waals surface area contributed by atoms with E-state index in [0.29, 0.717) is 5.69 Å². The van der Waals surface area contributed by atoms with Crippen LogP contribution in [-0.4, -0.2) is 16.0 Å². The van der Waals surface area contributed by atoms with E-state index in [0.717, 1.165) is 0 Å². The molecule has 0 fully saturated rings. The fraction of sp³-hybridized carbons (Fsp3) is 0.111. The second kappa shape index (κ2) is 4.12. The zero-order valence-corrected chi connectivity index (χ0v) is 6.82. The van der Waals surface area contributed by atoms with Gasteiger partial charge >= 0.3 is 0 Å². The van der Waals surface area contributed by atoms with E-state index in [1.807, 2.05) is 0 Å². The lowest BCUT2D eigenvalue weighted by Crippen LogP contribution is -2.08. The summed E-state index contributed by atoms with van der Waals surface area (Å²) in [6, 6.07) is 3.03. The molecule has 1 amide bonds. The smallest absolute Gasteiger partial charge is 0.229 e. The number of primary amides is 1. The van der Waals surface area contributed by atoms with Gasteiger partial charge in [-0.25, -0.2) is 4.98 Å². The summed E-state index contributed by atoms with van der Waals surface area (Å²) in [4.78, 5) is 14.1. The summed E-state index contributed by atoms with van der Waals surface area (Å²) in [6.45, 7) is 0. The molecule has 0 atom stereocenters. The second-order valence-corrected chi connectivity index (χ2v) is 2.35. The Morgan fingerprint density at radius 3 is 2.92 bits per heavy atom. The van der Waals surface area contributed by atoms with E-state index in [1.54, 1.807) is 6.07 Å². The maximum absolute atomic E-state index is 10.3. The van der Waals surface area contributed by atoms with Crippen molar-refractivity contribution in [3.8, 4) is 17.6 Å². The monoisotopic (exact) mass is 176 g/mol. The van der Waals surface area contributed by atoms with Crippen LogP contribution in [0, 0.1) is 11.8 Å². The first-order valence-electron chi connectivity index (χ1n) is 3.60. The van der Waals surface area contributed by atoms with Crippen molar-refractivity contribution in [2.75, 3.05) is 0 Å². The number of hydrogen-bond donors (Lipinski definition) is 2. The van der Waals surface area contributed by atoms with Gasteiger partial charge in [-0.15, -0.1) is 0 Å². The summed E-state index contributed by atoms with van der Waals surface area (Å²) in [5.41, 5.74) is 5.38. The first kappa shape index (κ1) is 9.07. The highest BCUT2D eigenvalue weighted by Gasteiger charge is 1.89. The molecule has 0 aliphatic carbocycles. The van der Waals surface area contributed by atoms with Crippen LogP contribution in [0.4, 0.5) is 0 Å². The number of nitrogens with two attached hydrogens (primary N) is 1. The summed E-state index contributed by atoms with van der Waals surface area (Å²) < 4.78 is 0. The highest BCUT2D eigenvalue weighted by Crippen LogP contribution is 2.04. The number of rotatable bonds is 1. The minimum absolute atomic E-state index is 0.0164. The van der Waals surface area contributed by atoms with Crippen LogP contribution in [0.1, 0.15) is 12.1 Å². The van der Waals surface area contributed by atoms with Crippen LogP contribution in [0.25, 0.3) is 0 Å². The third kappa shape index (κ3) is 3.25. The predicted molar refractivity (Wildman–Crippen MR) is 46.6 cm³/mol. The highest BCUT2D eigenvalue weighted by atomic mass is 16.3. The van der Waals surface area contributed by atoms with Gasteiger partial charge in [0.05, 0.1) is 12.6 Å². The fourth-order valence-electron chi connectivity index (χ4n) is 0.682. The number of nitrogens with zero attached hydrogens (tertiary/aromatic N) is 1. The van der Waals surface area contributed by atoms with E-state index in [4.69, 9.17) is 10.8 Å². The van der Waals surface area contributed by atoms with Crippen molar-refractivity contribution in [3.05, 3.63) is 24.0 Å². The van der Waals surface area contributed by atoms with Gasteiger partial charge in [-0.05, 0) is 18.1 Å². The minimum atomic E-state index is -0.466. The minimum Gasteiger partial charge on any atom is -0.506 e. The first-order valence-corrected chi connectivity index (χ1v) is 3.60. The molecule has 0 spiro atoms. The van der Waals surface area contributed by atoms with Crippen molar-refractivity contribution >= 4 is 5.91 Å². The predicted octanol–water partition coefficient (Wildman–Crippen LogP) is 0.0141. The van der Waals surface area contributed by atoms with Gasteiger partial charge < -0.3 is 10.8 Å². The third-order valence-electron chi connectivity index (χ3n) is 1.23. The molecule has 13 heavy (non-hydrogen) atoms. The average Bonchev–Trinajstić information content (AvgIpc) is 2.08. The molecule has 1 rings (SSSR count). The summed E-state index contributed by atoms with van der Waals surface area (Å²) in [5.74, 6) is 4.80. The van der Waals surface area contributed by atoms with Gasteiger partial charge in [-0.3, -0.25) is 4.79 Å². The number of carbonyl (C=O) groups excluding carboxylic acids is 1. The number of hydrogen-bond acceptors (Lipinski definition) is 3. The molecule has 4 nitrogen and oxygen atoms in total. The molecule has 0 aromatic carbocycles. The summed E-state index contributed by atoms with van der Waals surface area (Å²) in [6.07, 6.45) is 1.30. The lowest BCUT2D eigenvalue weighted by Gasteiger charge is -1.89. The van der Waals surface area contributed by atoms with Gasteiger partial charge in [0.2, 0.25) is 5.91 Å². The van der Waals surface area contributed by atoms with Gasteiger partial charge in [-0.1, -0.05) is 5.92 Å². The van der Waals surface area contributed by atoms with Crippen molar-refractivity contribution < 1.29 is 9.90 Å². The Balaban J connectivity index is 2.67. The van der Waals surface area contributed by atoms with Crippen molar-refractivity contribution in [1.82, 2.24) is 4.98 Å². The van der Waals surface area contributed by atoms with Crippen molar-refractivity contribution in [2.45, 2.75) is 6.42 Å². The largest absolute Gasteiger partial charge is 0.506 e. The molecule has 1 heterocycles. The van der Waals surface area contributed by atoms with Crippen LogP contribution in [0.15, 0.2) is 18.3 Å². The Hall–Kier alpha value is -2.02. The molecule has 0 bridgehead atoms. The molecule has 1 aromatic heterocycles. The van der Waals surface area contributed by atoms with Gasteiger partial charge in [-0.2, -0.15) is 0 Å². The quantitative estimate of drug-likeness (QED) is 0.592. The van der Waals surface area contributed by atoms with Crippen LogP contribution in [-0.2, 0) is 4.79 Å². The van der Waals surface area contributed by atoms with Gasteiger partial charge in [0.1, 0.15) is 11.4 Å². The van der Waals surface area contributed by atoms with Crippen molar-refractivity contribution in [3.63, 3.8) is 0 Å². The zero-order valence-electron chi connectivity index (χ0n) is 6.82. The summed E-state index contributed by atoms with van der Waals surface area (Å²) in [5, 5.41) is 8.89. The van der Waals surface area contributed by atoms with Crippen LogP contribution in [0.2, 0.25) is 0 Å². The number of aromatic nitrogens is 1. The van der Waals surface area contributed by atoms with Crippen molar-refractivity contribution in [1.29, 1.82) is 0 Å². The van der Waals surface area contributed by atoms with Gasteiger partial charge in [0.15, 0.2) is 0 Å². The Morgan fingerprint density at radius 1 is 1.62 bits per heavy atom. The number of pyridine rings is 1. The highest BCUT2D eigenvalue weighted by molar-refractivity contribution is 5.76. The standard InChI is InChI=1S/C9H8N2O2/c10-9(13)3-1-2-7-4-5-8(12)6-11-7/h4-6,12H,3H2,(H2,10,13). The SMILES string of the molecule is NC(=O)CC#Cc1ccc(O)cn1. The van der Waals surface area contributed by atoms with E-state index in [-0.39, 0.29) is 12.2 Å². The summed E-state index contributed by atoms with van der Waals surface area (Å²) >= 11 is 0. The lowest BCUT2D eigenvalue weighted by molar-refractivity contribution is -0.117. The molecule has 3 N–H and O–H groups in total. The Kier molecular flexibility index (Phi) is 2.87. The molecule has 0 saturated carbocycles. The van der Waals surface area contributed by atoms with Crippen molar-refractivity contribution in [2.24, 2.45) is 5.73 Å². The lowest BCUT2D eigenvalue weighted by atomic mass is 10.3. The zero-order chi connectivity index (χ0) is 9.68. The van der Waals surface area contributed by atoms with E-state index >= 15 is 0 Å². The van der Waals surface area contributed by atoms with E-state index < -0.39 is 5.91 Å². The van der Waals surface area contributed by atoms with Crippen LogP contribution in [0.5, 0.6) is 5.75 Å². The normalized spacial score (nSPS) is 8.62. The summed E-state index contributed by atoms with van der Waals surface area (Å²) in [7, 11) is 0. The van der Waals surface area contributed by atoms with Gasteiger partial charge in [0.25, 0.3) is 0 Å². The van der Waals surface area contributed by atoms with E-state index in [2.05, 4.69) is 16.8 Å². The molecular weight excluding hydrogens is 168 g/mol.